The zero-order valence-electron chi connectivity index (χ0n) is 6.49. The van der Waals surface area contributed by atoms with E-state index in [2.05, 4.69) is 23.3 Å². The van der Waals surface area contributed by atoms with Gasteiger partial charge in [0.2, 0.25) is 0 Å². The van der Waals surface area contributed by atoms with Crippen LogP contribution in [0.25, 0.3) is 0 Å². The van der Waals surface area contributed by atoms with E-state index < -0.39 is 0 Å². The maximum atomic E-state index is 11.1. The highest BCUT2D eigenvalue weighted by Gasteiger charge is 2.40. The lowest BCUT2D eigenvalue weighted by Gasteiger charge is -2.13. The van der Waals surface area contributed by atoms with Crippen molar-refractivity contribution in [2.45, 2.75) is 6.42 Å². The molecule has 2 aliphatic rings. The Balaban J connectivity index is 2.08. The van der Waals surface area contributed by atoms with Gasteiger partial charge in [-0.2, -0.15) is 0 Å². The van der Waals surface area contributed by atoms with E-state index in [0.717, 1.165) is 6.42 Å². The molecule has 2 heteroatoms. The predicted molar refractivity (Wildman–Crippen MR) is 40.5 cm³/mol. The van der Waals surface area contributed by atoms with Crippen molar-refractivity contribution in [3.8, 4) is 0 Å². The van der Waals surface area contributed by atoms with Gasteiger partial charge in [0, 0.05) is 0 Å². The number of esters is 1. The Hall–Kier alpha value is -0.790. The number of carbonyl (C=O) groups excluding carboxylic acids is 1. The van der Waals surface area contributed by atoms with E-state index in [0.29, 0.717) is 11.8 Å². The van der Waals surface area contributed by atoms with Gasteiger partial charge in [-0.15, -0.1) is 0 Å². The van der Waals surface area contributed by atoms with Crippen LogP contribution in [0.5, 0.6) is 0 Å². The van der Waals surface area contributed by atoms with Crippen LogP contribution in [0, 0.1) is 24.2 Å². The molecule has 0 spiro atoms. The molecule has 1 radical (unpaired) electrons. The summed E-state index contributed by atoms with van der Waals surface area (Å²) < 4.78 is 4.68. The van der Waals surface area contributed by atoms with Gasteiger partial charge in [0.1, 0.15) is 0 Å². The monoisotopic (exact) mass is 151 g/mol. The van der Waals surface area contributed by atoms with Crippen molar-refractivity contribution >= 4 is 5.97 Å². The average molecular weight is 151 g/mol. The number of ether oxygens (including phenoxy) is 1. The topological polar surface area (TPSA) is 26.3 Å². The van der Waals surface area contributed by atoms with Crippen molar-refractivity contribution in [1.82, 2.24) is 0 Å². The molecule has 0 amide bonds. The van der Waals surface area contributed by atoms with E-state index >= 15 is 0 Å². The molecule has 2 aliphatic carbocycles. The lowest BCUT2D eigenvalue weighted by molar-refractivity contribution is -0.144. The largest absolute Gasteiger partial charge is 0.469 e. The van der Waals surface area contributed by atoms with Gasteiger partial charge >= 0.3 is 5.97 Å². The lowest BCUT2D eigenvalue weighted by Crippen LogP contribution is -2.20. The number of hydrogen-bond acceptors (Lipinski definition) is 2. The fourth-order valence-electron chi connectivity index (χ4n) is 1.96. The first-order valence-electron chi connectivity index (χ1n) is 3.92. The molecule has 3 atom stereocenters. The summed E-state index contributed by atoms with van der Waals surface area (Å²) in [5.74, 6) is 0.911. The minimum absolute atomic E-state index is 0.0370. The molecule has 59 valence electrons. The SMILES string of the molecule is COC(=O)C1[CH]C2C=CC1C2. The summed E-state index contributed by atoms with van der Waals surface area (Å²) >= 11 is 0. The Morgan fingerprint density at radius 3 is 2.82 bits per heavy atom. The van der Waals surface area contributed by atoms with Gasteiger partial charge in [0.05, 0.1) is 13.0 Å². The van der Waals surface area contributed by atoms with E-state index in [4.69, 9.17) is 0 Å². The fraction of sp³-hybridized carbons (Fsp3) is 0.556. The summed E-state index contributed by atoms with van der Waals surface area (Å²) in [6.45, 7) is 0. The van der Waals surface area contributed by atoms with Crippen LogP contribution in [0.15, 0.2) is 12.2 Å². The van der Waals surface area contributed by atoms with Crippen LogP contribution in [0.1, 0.15) is 6.42 Å². The average Bonchev–Trinajstić information content (AvgIpc) is 2.62. The van der Waals surface area contributed by atoms with Gasteiger partial charge < -0.3 is 4.74 Å². The van der Waals surface area contributed by atoms with Crippen LogP contribution in [0.2, 0.25) is 0 Å². The third-order valence-electron chi connectivity index (χ3n) is 2.54. The molecule has 11 heavy (non-hydrogen) atoms. The number of methoxy groups -OCH3 is 1. The molecule has 2 nitrogen and oxygen atoms in total. The third kappa shape index (κ3) is 0.971. The normalized spacial score (nSPS) is 39.5. The first kappa shape index (κ1) is 6.89. The Labute approximate surface area is 66.2 Å². The Bertz CT molecular complexity index is 208. The maximum absolute atomic E-state index is 11.1. The van der Waals surface area contributed by atoms with Crippen LogP contribution < -0.4 is 0 Å². The molecule has 2 rings (SSSR count). The fourth-order valence-corrected chi connectivity index (χ4v) is 1.96. The molecular weight excluding hydrogens is 140 g/mol. The molecule has 0 saturated heterocycles. The number of fused-ring (bicyclic) bond motifs is 2. The smallest absolute Gasteiger partial charge is 0.309 e. The summed E-state index contributed by atoms with van der Waals surface area (Å²) in [6.07, 6.45) is 7.51. The summed E-state index contributed by atoms with van der Waals surface area (Å²) in [5.41, 5.74) is 0. The molecule has 3 unspecified atom stereocenters. The summed E-state index contributed by atoms with van der Waals surface area (Å²) in [5, 5.41) is 0. The number of carbonyl (C=O) groups is 1. The van der Waals surface area contributed by atoms with E-state index in [1.807, 2.05) is 0 Å². The van der Waals surface area contributed by atoms with E-state index in [-0.39, 0.29) is 11.9 Å². The minimum Gasteiger partial charge on any atom is -0.469 e. The maximum Gasteiger partial charge on any atom is 0.309 e. The molecule has 0 heterocycles. The lowest BCUT2D eigenvalue weighted by atomic mass is 9.94. The van der Waals surface area contributed by atoms with Crippen molar-refractivity contribution < 1.29 is 9.53 Å². The Morgan fingerprint density at radius 1 is 1.55 bits per heavy atom. The van der Waals surface area contributed by atoms with Crippen molar-refractivity contribution in [2.24, 2.45) is 17.8 Å². The summed E-state index contributed by atoms with van der Waals surface area (Å²) in [6, 6.07) is 0. The second-order valence-electron chi connectivity index (χ2n) is 3.19. The van der Waals surface area contributed by atoms with E-state index in [1.165, 1.54) is 7.11 Å². The van der Waals surface area contributed by atoms with Gasteiger partial charge in [0.15, 0.2) is 0 Å². The van der Waals surface area contributed by atoms with Crippen molar-refractivity contribution in [1.29, 1.82) is 0 Å². The highest BCUT2D eigenvalue weighted by molar-refractivity contribution is 5.75. The highest BCUT2D eigenvalue weighted by atomic mass is 16.5. The molecule has 0 aromatic carbocycles. The van der Waals surface area contributed by atoms with Gasteiger partial charge in [-0.1, -0.05) is 12.2 Å². The van der Waals surface area contributed by atoms with Gasteiger partial charge in [-0.05, 0) is 24.7 Å². The van der Waals surface area contributed by atoms with Gasteiger partial charge in [-0.3, -0.25) is 4.79 Å². The standard InChI is InChI=1S/C9H11O2/c1-11-9(10)8-5-6-2-3-7(8)4-6/h2-3,5-8H,4H2,1H3. The molecule has 1 fully saturated rings. The van der Waals surface area contributed by atoms with Crippen LogP contribution in [0.4, 0.5) is 0 Å². The second-order valence-corrected chi connectivity index (χ2v) is 3.19. The molecule has 0 N–H and O–H groups in total. The zero-order chi connectivity index (χ0) is 7.84. The van der Waals surface area contributed by atoms with Crippen LogP contribution in [-0.4, -0.2) is 13.1 Å². The van der Waals surface area contributed by atoms with Crippen LogP contribution >= 0.6 is 0 Å². The molecule has 0 aromatic heterocycles. The van der Waals surface area contributed by atoms with Crippen LogP contribution in [0.3, 0.4) is 0 Å². The molecule has 1 saturated carbocycles. The molecular formula is C9H11O2. The third-order valence-corrected chi connectivity index (χ3v) is 2.54. The number of rotatable bonds is 1. The summed E-state index contributed by atoms with van der Waals surface area (Å²) in [4.78, 5) is 11.1. The van der Waals surface area contributed by atoms with E-state index in [1.54, 1.807) is 0 Å². The first-order chi connectivity index (χ1) is 5.31. The molecule has 0 aliphatic heterocycles. The van der Waals surface area contributed by atoms with Gasteiger partial charge in [-0.25, -0.2) is 0 Å². The molecule has 2 bridgehead atoms. The first-order valence-corrected chi connectivity index (χ1v) is 3.92. The molecule has 0 aromatic rings. The van der Waals surface area contributed by atoms with Crippen LogP contribution in [-0.2, 0) is 9.53 Å². The number of allylic oxidation sites excluding steroid dienone is 2. The predicted octanol–water partition coefficient (Wildman–Crippen LogP) is 1.19. The second kappa shape index (κ2) is 2.36. The highest BCUT2D eigenvalue weighted by Crippen LogP contribution is 2.42. The van der Waals surface area contributed by atoms with E-state index in [9.17, 15) is 4.79 Å². The van der Waals surface area contributed by atoms with Gasteiger partial charge in [0.25, 0.3) is 0 Å². The summed E-state index contributed by atoms with van der Waals surface area (Å²) in [7, 11) is 1.45. The minimum atomic E-state index is -0.0816. The quantitative estimate of drug-likeness (QED) is 0.415. The Morgan fingerprint density at radius 2 is 2.36 bits per heavy atom. The van der Waals surface area contributed by atoms with Crippen molar-refractivity contribution in [3.63, 3.8) is 0 Å². The van der Waals surface area contributed by atoms with Crippen molar-refractivity contribution in [2.75, 3.05) is 7.11 Å². The zero-order valence-corrected chi connectivity index (χ0v) is 6.49. The number of hydrogen-bond donors (Lipinski definition) is 0. The Kier molecular flexibility index (Phi) is 1.48. The van der Waals surface area contributed by atoms with Crippen molar-refractivity contribution in [3.05, 3.63) is 18.6 Å².